The van der Waals surface area contributed by atoms with Crippen molar-refractivity contribution in [1.29, 1.82) is 0 Å². The molecular weight excluding hydrogens is 511 g/mol. The first-order valence-electron chi connectivity index (χ1n) is 15.5. The van der Waals surface area contributed by atoms with Gasteiger partial charge in [-0.25, -0.2) is 10.3 Å². The summed E-state index contributed by atoms with van der Waals surface area (Å²) in [5.74, 6) is 0. The molecule has 3 rings (SSSR count). The van der Waals surface area contributed by atoms with Crippen LogP contribution in [-0.4, -0.2) is 18.8 Å². The van der Waals surface area contributed by atoms with Gasteiger partial charge in [0.05, 0.1) is 12.8 Å². The molecule has 0 saturated heterocycles. The molecule has 0 unspecified atom stereocenters. The minimum atomic E-state index is -1.67. The molecule has 216 valence electrons. The van der Waals surface area contributed by atoms with Crippen LogP contribution in [0.5, 0.6) is 0 Å². The fourth-order valence-corrected chi connectivity index (χ4v) is 10.1. The van der Waals surface area contributed by atoms with Crippen LogP contribution in [0.4, 0.5) is 4.79 Å². The zero-order chi connectivity index (χ0) is 28.1. The van der Waals surface area contributed by atoms with Gasteiger partial charge in [0.2, 0.25) is 0 Å². The van der Waals surface area contributed by atoms with Crippen LogP contribution in [0.25, 0.3) is 0 Å². The smallest absolute Gasteiger partial charge is 0.336 e. The summed E-state index contributed by atoms with van der Waals surface area (Å²) < 4.78 is 0. The molecule has 4 nitrogen and oxygen atoms in total. The second kappa shape index (κ2) is 19.4. The molecule has 3 aromatic carbocycles. The number of hydrogen-bond acceptors (Lipinski definition) is 2. The van der Waals surface area contributed by atoms with Gasteiger partial charge in [-0.15, -0.1) is 0 Å². The highest BCUT2D eigenvalue weighted by Crippen LogP contribution is 2.56. The number of urea groups is 1. The number of carbonyl (C=O) groups is 1. The summed E-state index contributed by atoms with van der Waals surface area (Å²) in [5.41, 5.74) is 7.11. The minimum Gasteiger partial charge on any atom is -0.350 e. The van der Waals surface area contributed by atoms with Gasteiger partial charge in [0.15, 0.2) is 0 Å². The molecule has 0 saturated carbocycles. The van der Waals surface area contributed by atoms with Gasteiger partial charge in [0.25, 0.3) is 0 Å². The molecule has 0 fully saturated rings. The number of carbonyl (C=O) groups excluding carboxylic acids is 1. The first-order chi connectivity index (χ1) is 19.7. The molecule has 0 spiro atoms. The van der Waals surface area contributed by atoms with Crippen molar-refractivity contribution in [3.05, 3.63) is 91.0 Å². The Bertz CT molecular complexity index is 950. The van der Waals surface area contributed by atoms with Gasteiger partial charge in [0, 0.05) is 0 Å². The average Bonchev–Trinajstić information content (AvgIpc) is 3.00. The van der Waals surface area contributed by atoms with Crippen LogP contribution in [0.2, 0.25) is 0 Å². The number of rotatable bonds is 21. The van der Waals surface area contributed by atoms with E-state index in [1.54, 1.807) is 0 Å². The fraction of sp³-hybridized carbons (Fsp3) is 0.457. The predicted octanol–water partition coefficient (Wildman–Crippen LogP) is 8.04. The summed E-state index contributed by atoms with van der Waals surface area (Å²) >= 11 is 0. The molecule has 5 heteroatoms. The van der Waals surface area contributed by atoms with Gasteiger partial charge >= 0.3 is 6.03 Å². The van der Waals surface area contributed by atoms with Crippen molar-refractivity contribution in [1.82, 2.24) is 5.48 Å². The maximum absolute atomic E-state index is 10.5. The summed E-state index contributed by atoms with van der Waals surface area (Å²) in [6, 6.07) is 33.2. The van der Waals surface area contributed by atoms with Crippen LogP contribution in [0, 0.1) is 0 Å². The van der Waals surface area contributed by atoms with E-state index < -0.39 is 13.3 Å². The molecule has 0 aliphatic carbocycles. The predicted molar refractivity (Wildman–Crippen MR) is 173 cm³/mol. The molecule has 0 aromatic heterocycles. The lowest BCUT2D eigenvalue weighted by Crippen LogP contribution is -2.33. The molecule has 0 aliphatic heterocycles. The number of unbranched alkanes of at least 4 members (excludes halogenated alkanes) is 13. The molecule has 3 N–H and O–H groups in total. The van der Waals surface area contributed by atoms with Gasteiger partial charge in [-0.1, -0.05) is 125 Å². The summed E-state index contributed by atoms with van der Waals surface area (Å²) in [4.78, 5) is 15.5. The normalized spacial score (nSPS) is 11.4. The van der Waals surface area contributed by atoms with E-state index in [2.05, 4.69) is 96.5 Å². The fourth-order valence-electron chi connectivity index (χ4n) is 5.65. The third-order valence-corrected chi connectivity index (χ3v) is 12.3. The second-order valence-corrected chi connectivity index (χ2v) is 14.4. The summed E-state index contributed by atoms with van der Waals surface area (Å²) in [6.07, 6.45) is 19.3. The lowest BCUT2D eigenvalue weighted by atomic mass is 10.0. The Morgan fingerprint density at radius 2 is 0.850 bits per heavy atom. The van der Waals surface area contributed by atoms with E-state index in [0.717, 1.165) is 12.8 Å². The lowest BCUT2D eigenvalue weighted by molar-refractivity contribution is 0.0616. The second-order valence-electron chi connectivity index (χ2n) is 10.8. The Balaban J connectivity index is 1.32. The van der Waals surface area contributed by atoms with Gasteiger partial charge in [-0.2, -0.15) is 0 Å². The van der Waals surface area contributed by atoms with Crippen LogP contribution >= 0.6 is 7.26 Å². The largest absolute Gasteiger partial charge is 0.350 e. The number of primary amides is 1. The van der Waals surface area contributed by atoms with Crippen molar-refractivity contribution in [2.24, 2.45) is 5.73 Å². The van der Waals surface area contributed by atoms with Gasteiger partial charge in [-0.3, -0.25) is 4.84 Å². The standard InChI is InChI=1S/C35H49N2O2P/c36-35(38)37-39-30-22-11-9-7-5-3-1-2-4-6-8-10-12-23-31-40(32-24-16-13-17-25-32,33-26-18-14-19-27-33)34-28-20-15-21-29-34/h13-21,24-29H,1-12,22-23,30-31H2,(H2-,36,37,38)/p+1. The number of nitrogens with two attached hydrogens (primary N) is 1. The number of benzene rings is 3. The molecule has 40 heavy (non-hydrogen) atoms. The quantitative estimate of drug-likeness (QED) is 0.0785. The maximum Gasteiger partial charge on any atom is 0.336 e. The van der Waals surface area contributed by atoms with Crippen LogP contribution in [0.3, 0.4) is 0 Å². The summed E-state index contributed by atoms with van der Waals surface area (Å²) in [6.45, 7) is 0.540. The highest BCUT2D eigenvalue weighted by Gasteiger charge is 2.44. The number of amides is 2. The highest BCUT2D eigenvalue weighted by atomic mass is 31.2. The van der Waals surface area contributed by atoms with Crippen molar-refractivity contribution >= 4 is 29.2 Å². The van der Waals surface area contributed by atoms with Crippen LogP contribution in [0.1, 0.15) is 89.9 Å². The Morgan fingerprint density at radius 3 is 1.20 bits per heavy atom. The summed E-state index contributed by atoms with van der Waals surface area (Å²) in [5, 5.41) is 4.50. The SMILES string of the molecule is NC(=O)NOCCCCCCCCCCCCCCCC[P+](c1ccccc1)(c1ccccc1)c1ccccc1. The zero-order valence-electron chi connectivity index (χ0n) is 24.3. The van der Waals surface area contributed by atoms with E-state index in [1.807, 2.05) is 0 Å². The Labute approximate surface area is 243 Å². The topological polar surface area (TPSA) is 64.4 Å². The van der Waals surface area contributed by atoms with Gasteiger partial charge < -0.3 is 5.73 Å². The van der Waals surface area contributed by atoms with Crippen molar-refractivity contribution < 1.29 is 9.63 Å². The molecule has 2 amide bonds. The monoisotopic (exact) mass is 561 g/mol. The van der Waals surface area contributed by atoms with Crippen molar-refractivity contribution in [2.75, 3.05) is 12.8 Å². The Morgan fingerprint density at radius 1 is 0.525 bits per heavy atom. The molecule has 0 bridgehead atoms. The first kappa shape index (κ1) is 31.8. The number of hydroxylamine groups is 1. The van der Waals surface area contributed by atoms with E-state index in [-0.39, 0.29) is 0 Å². The molecule has 0 atom stereocenters. The molecule has 0 radical (unpaired) electrons. The van der Waals surface area contributed by atoms with Crippen molar-refractivity contribution in [3.8, 4) is 0 Å². The maximum atomic E-state index is 10.5. The van der Waals surface area contributed by atoms with Crippen molar-refractivity contribution in [3.63, 3.8) is 0 Å². The summed E-state index contributed by atoms with van der Waals surface area (Å²) in [7, 11) is -1.67. The average molecular weight is 562 g/mol. The molecule has 3 aromatic rings. The number of nitrogens with one attached hydrogen (secondary N) is 1. The van der Waals surface area contributed by atoms with E-state index in [0.29, 0.717) is 6.61 Å². The molecular formula is C35H50N2O2P+. The minimum absolute atomic E-state index is 0.540. The third kappa shape index (κ3) is 11.1. The van der Waals surface area contributed by atoms with Crippen LogP contribution in [0.15, 0.2) is 91.0 Å². The third-order valence-electron chi connectivity index (χ3n) is 7.75. The molecule has 0 heterocycles. The van der Waals surface area contributed by atoms with Crippen LogP contribution in [-0.2, 0) is 4.84 Å². The lowest BCUT2D eigenvalue weighted by Gasteiger charge is -2.27. The molecule has 0 aliphatic rings. The van der Waals surface area contributed by atoms with Crippen molar-refractivity contribution in [2.45, 2.75) is 89.9 Å². The van der Waals surface area contributed by atoms with E-state index in [1.165, 1.54) is 99.1 Å². The highest BCUT2D eigenvalue weighted by molar-refractivity contribution is 7.95. The van der Waals surface area contributed by atoms with Crippen LogP contribution < -0.4 is 27.1 Å². The van der Waals surface area contributed by atoms with E-state index >= 15 is 0 Å². The first-order valence-corrected chi connectivity index (χ1v) is 17.4. The van der Waals surface area contributed by atoms with Gasteiger partial charge in [0.1, 0.15) is 23.2 Å². The Kier molecular flexibility index (Phi) is 15.4. The van der Waals surface area contributed by atoms with E-state index in [9.17, 15) is 4.79 Å². The zero-order valence-corrected chi connectivity index (χ0v) is 25.2. The number of hydrogen-bond donors (Lipinski definition) is 2. The van der Waals surface area contributed by atoms with E-state index in [4.69, 9.17) is 10.6 Å². The Hall–Kier alpha value is -2.68. The van der Waals surface area contributed by atoms with Gasteiger partial charge in [-0.05, 0) is 55.7 Å².